The van der Waals surface area contributed by atoms with Gasteiger partial charge in [-0.1, -0.05) is 13.3 Å². The van der Waals surface area contributed by atoms with Crippen molar-refractivity contribution in [1.82, 2.24) is 0 Å². The average Bonchev–Trinajstić information content (AvgIpc) is 2.90. The molecule has 0 saturated heterocycles. The van der Waals surface area contributed by atoms with Gasteiger partial charge < -0.3 is 9.84 Å². The summed E-state index contributed by atoms with van der Waals surface area (Å²) in [4.78, 5) is 10.7. The van der Waals surface area contributed by atoms with Gasteiger partial charge in [-0.15, -0.1) is 0 Å². The second-order valence-electron chi connectivity index (χ2n) is 4.15. The molecule has 1 radical (unpaired) electrons. The molecule has 0 atom stereocenters. The molecule has 0 bridgehead atoms. The average molecular weight is 259 g/mol. The van der Waals surface area contributed by atoms with Gasteiger partial charge in [0.2, 0.25) is 6.04 Å². The summed E-state index contributed by atoms with van der Waals surface area (Å²) < 4.78 is 5.55. The minimum Gasteiger partial charge on any atom is -0.494 e. The van der Waals surface area contributed by atoms with Gasteiger partial charge in [-0.2, -0.15) is 10.2 Å². The third kappa shape index (κ3) is 3.40. The van der Waals surface area contributed by atoms with Crippen molar-refractivity contribution in [3.05, 3.63) is 41.9 Å². The van der Waals surface area contributed by atoms with E-state index in [4.69, 9.17) is 9.84 Å². The molecular formula is C14H15N2O3. The quantitative estimate of drug-likeness (QED) is 0.797. The van der Waals surface area contributed by atoms with E-state index < -0.39 is 5.97 Å². The summed E-state index contributed by atoms with van der Waals surface area (Å²) in [5, 5.41) is 16.2. The SMILES string of the molecule is CCCCOc1ccc(C2=C[C](C(=O)O)N=N2)cc1. The lowest BCUT2D eigenvalue weighted by Crippen LogP contribution is -2.02. The Morgan fingerprint density at radius 2 is 2.00 bits per heavy atom. The highest BCUT2D eigenvalue weighted by Crippen LogP contribution is 2.28. The molecule has 1 aromatic carbocycles. The summed E-state index contributed by atoms with van der Waals surface area (Å²) in [6.45, 7) is 2.82. The molecule has 1 aliphatic rings. The van der Waals surface area contributed by atoms with E-state index in [0.29, 0.717) is 12.3 Å². The van der Waals surface area contributed by atoms with E-state index in [1.165, 1.54) is 6.08 Å². The number of carboxylic acid groups (broad SMARTS) is 1. The number of benzene rings is 1. The van der Waals surface area contributed by atoms with Crippen molar-refractivity contribution in [1.29, 1.82) is 0 Å². The van der Waals surface area contributed by atoms with Crippen LogP contribution in [-0.2, 0) is 4.79 Å². The van der Waals surface area contributed by atoms with E-state index in [1.807, 2.05) is 24.3 Å². The normalized spacial score (nSPS) is 14.5. The van der Waals surface area contributed by atoms with Crippen LogP contribution in [0.3, 0.4) is 0 Å². The highest BCUT2D eigenvalue weighted by molar-refractivity contribution is 5.89. The van der Waals surface area contributed by atoms with Gasteiger partial charge in [-0.05, 0) is 36.8 Å². The van der Waals surface area contributed by atoms with Crippen LogP contribution in [0.15, 0.2) is 40.6 Å². The molecule has 2 rings (SSSR count). The highest BCUT2D eigenvalue weighted by Gasteiger charge is 2.22. The molecule has 0 unspecified atom stereocenters. The van der Waals surface area contributed by atoms with E-state index in [9.17, 15) is 4.79 Å². The van der Waals surface area contributed by atoms with Crippen molar-refractivity contribution in [2.24, 2.45) is 10.2 Å². The molecule has 1 aromatic rings. The van der Waals surface area contributed by atoms with Gasteiger partial charge in [0.15, 0.2) is 0 Å². The van der Waals surface area contributed by atoms with E-state index in [1.54, 1.807) is 0 Å². The number of hydrogen-bond acceptors (Lipinski definition) is 4. The number of rotatable bonds is 6. The standard InChI is InChI=1S/C14H15N2O3/c1-2-3-8-19-11-6-4-10(5-7-11)12-9-13(14(17)18)16-15-12/h4-7,9H,2-3,8H2,1H3,(H,17,18). The van der Waals surface area contributed by atoms with E-state index in [-0.39, 0.29) is 6.04 Å². The number of carboxylic acids is 1. The molecule has 5 heteroatoms. The Bertz CT molecular complexity index is 506. The summed E-state index contributed by atoms with van der Waals surface area (Å²) in [7, 11) is 0. The van der Waals surface area contributed by atoms with Gasteiger partial charge in [0.25, 0.3) is 0 Å². The molecule has 0 fully saturated rings. The molecule has 1 heterocycles. The maximum absolute atomic E-state index is 10.7. The molecule has 0 aliphatic carbocycles. The summed E-state index contributed by atoms with van der Waals surface area (Å²) in [5.41, 5.74) is 1.38. The van der Waals surface area contributed by atoms with Gasteiger partial charge in [-0.3, -0.25) is 0 Å². The van der Waals surface area contributed by atoms with Crippen LogP contribution in [0, 0.1) is 6.04 Å². The number of hydrogen-bond donors (Lipinski definition) is 1. The van der Waals surface area contributed by atoms with Gasteiger partial charge in [0.1, 0.15) is 5.75 Å². The van der Waals surface area contributed by atoms with Crippen LogP contribution >= 0.6 is 0 Å². The van der Waals surface area contributed by atoms with E-state index in [2.05, 4.69) is 17.2 Å². The van der Waals surface area contributed by atoms with E-state index in [0.717, 1.165) is 24.2 Å². The summed E-state index contributed by atoms with van der Waals surface area (Å²) >= 11 is 0. The van der Waals surface area contributed by atoms with Crippen molar-refractivity contribution in [3.63, 3.8) is 0 Å². The Labute approximate surface area is 111 Å². The molecule has 99 valence electrons. The molecule has 5 nitrogen and oxygen atoms in total. The summed E-state index contributed by atoms with van der Waals surface area (Å²) in [6, 6.07) is 7.34. The van der Waals surface area contributed by atoms with Crippen LogP contribution in [-0.4, -0.2) is 17.7 Å². The molecule has 1 N–H and O–H groups in total. The fourth-order valence-electron chi connectivity index (χ4n) is 1.60. The van der Waals surface area contributed by atoms with Crippen molar-refractivity contribution >= 4 is 11.7 Å². The van der Waals surface area contributed by atoms with Crippen LogP contribution in [0.1, 0.15) is 25.3 Å². The van der Waals surface area contributed by atoms with Crippen LogP contribution in [0.2, 0.25) is 0 Å². The fraction of sp³-hybridized carbons (Fsp3) is 0.286. The first-order valence-corrected chi connectivity index (χ1v) is 6.17. The number of ether oxygens (including phenoxy) is 1. The first-order valence-electron chi connectivity index (χ1n) is 6.17. The zero-order valence-corrected chi connectivity index (χ0v) is 10.7. The molecule has 0 amide bonds. The maximum atomic E-state index is 10.7. The predicted octanol–water partition coefficient (Wildman–Crippen LogP) is 3.29. The van der Waals surface area contributed by atoms with Crippen molar-refractivity contribution in [2.45, 2.75) is 19.8 Å². The zero-order valence-electron chi connectivity index (χ0n) is 10.7. The Morgan fingerprint density at radius 1 is 1.26 bits per heavy atom. The van der Waals surface area contributed by atoms with Crippen LogP contribution in [0.5, 0.6) is 5.75 Å². The van der Waals surface area contributed by atoms with Gasteiger partial charge in [0.05, 0.1) is 12.3 Å². The minimum absolute atomic E-state index is 0.0433. The molecule has 0 spiro atoms. The van der Waals surface area contributed by atoms with Crippen molar-refractivity contribution in [3.8, 4) is 5.75 Å². The summed E-state index contributed by atoms with van der Waals surface area (Å²) in [5.74, 6) is -0.270. The van der Waals surface area contributed by atoms with Crippen LogP contribution in [0.25, 0.3) is 5.70 Å². The second kappa shape index (κ2) is 6.13. The number of aliphatic carboxylic acids is 1. The lowest BCUT2D eigenvalue weighted by Gasteiger charge is -2.05. The number of carbonyl (C=O) groups is 1. The van der Waals surface area contributed by atoms with Crippen molar-refractivity contribution in [2.75, 3.05) is 6.61 Å². The maximum Gasteiger partial charge on any atom is 0.341 e. The van der Waals surface area contributed by atoms with Crippen LogP contribution in [0.4, 0.5) is 0 Å². The lowest BCUT2D eigenvalue weighted by molar-refractivity contribution is -0.134. The Balaban J connectivity index is 2.01. The smallest absolute Gasteiger partial charge is 0.341 e. The lowest BCUT2D eigenvalue weighted by atomic mass is 10.1. The largest absolute Gasteiger partial charge is 0.494 e. The Hall–Kier alpha value is -2.17. The summed E-state index contributed by atoms with van der Waals surface area (Å²) in [6.07, 6.45) is 3.58. The van der Waals surface area contributed by atoms with Crippen LogP contribution < -0.4 is 4.74 Å². The molecule has 19 heavy (non-hydrogen) atoms. The minimum atomic E-state index is -1.07. The van der Waals surface area contributed by atoms with Gasteiger partial charge in [0, 0.05) is 5.56 Å². The molecule has 0 aromatic heterocycles. The topological polar surface area (TPSA) is 71.2 Å². The Kier molecular flexibility index (Phi) is 4.28. The number of unbranched alkanes of at least 4 members (excludes halogenated alkanes) is 1. The van der Waals surface area contributed by atoms with Gasteiger partial charge >= 0.3 is 5.97 Å². The van der Waals surface area contributed by atoms with E-state index >= 15 is 0 Å². The molecule has 0 saturated carbocycles. The third-order valence-corrected chi connectivity index (χ3v) is 2.67. The second-order valence-corrected chi connectivity index (χ2v) is 4.15. The zero-order chi connectivity index (χ0) is 13.7. The number of azo groups is 1. The third-order valence-electron chi connectivity index (χ3n) is 2.67. The fourth-order valence-corrected chi connectivity index (χ4v) is 1.60. The molecular weight excluding hydrogens is 244 g/mol. The number of nitrogens with zero attached hydrogens (tertiary/aromatic N) is 2. The monoisotopic (exact) mass is 259 g/mol. The van der Waals surface area contributed by atoms with Crippen molar-refractivity contribution < 1.29 is 14.6 Å². The van der Waals surface area contributed by atoms with Gasteiger partial charge in [-0.25, -0.2) is 4.79 Å². The first kappa shape index (κ1) is 13.3. The Morgan fingerprint density at radius 3 is 2.58 bits per heavy atom. The first-order chi connectivity index (χ1) is 9.20. The predicted molar refractivity (Wildman–Crippen MR) is 70.6 cm³/mol. The highest BCUT2D eigenvalue weighted by atomic mass is 16.5. The molecule has 1 aliphatic heterocycles.